The van der Waals surface area contributed by atoms with Crippen molar-refractivity contribution < 1.29 is 4.79 Å². The van der Waals surface area contributed by atoms with Crippen LogP contribution in [-0.4, -0.2) is 30.1 Å². The van der Waals surface area contributed by atoms with Gasteiger partial charge in [-0.3, -0.25) is 0 Å². The van der Waals surface area contributed by atoms with Crippen molar-refractivity contribution >= 4 is 11.8 Å². The second-order valence-corrected chi connectivity index (χ2v) is 8.48. The SMILES string of the molecule is CCN(CC)c1ccc(CNC(=O)NC2C3CC4CC(C3)CC2C4)cn1. The van der Waals surface area contributed by atoms with E-state index >= 15 is 0 Å². The molecule has 26 heavy (non-hydrogen) atoms. The minimum atomic E-state index is -0.0182. The summed E-state index contributed by atoms with van der Waals surface area (Å²) < 4.78 is 0. The molecule has 0 unspecified atom stereocenters. The van der Waals surface area contributed by atoms with E-state index in [-0.39, 0.29) is 6.03 Å². The van der Waals surface area contributed by atoms with E-state index in [1.807, 2.05) is 12.3 Å². The Morgan fingerprint density at radius 1 is 1.08 bits per heavy atom. The predicted molar refractivity (Wildman–Crippen MR) is 104 cm³/mol. The van der Waals surface area contributed by atoms with Crippen LogP contribution in [-0.2, 0) is 6.54 Å². The summed E-state index contributed by atoms with van der Waals surface area (Å²) in [7, 11) is 0. The highest BCUT2D eigenvalue weighted by Crippen LogP contribution is 2.53. The van der Waals surface area contributed by atoms with Gasteiger partial charge in [-0.1, -0.05) is 6.07 Å². The van der Waals surface area contributed by atoms with Crippen molar-refractivity contribution in [3.8, 4) is 0 Å². The highest BCUT2D eigenvalue weighted by atomic mass is 16.2. The molecule has 4 fully saturated rings. The quantitative estimate of drug-likeness (QED) is 0.819. The fourth-order valence-corrected chi connectivity index (χ4v) is 5.80. The minimum absolute atomic E-state index is 0.0182. The molecular formula is C21H32N4O. The molecule has 0 radical (unpaired) electrons. The number of pyridine rings is 1. The molecule has 4 aliphatic carbocycles. The number of hydrogen-bond acceptors (Lipinski definition) is 3. The monoisotopic (exact) mass is 356 g/mol. The number of nitrogens with one attached hydrogen (secondary N) is 2. The third kappa shape index (κ3) is 3.53. The standard InChI is InChI=1S/C21H32N4O/c1-3-25(4-2)19-6-5-14(12-22-19)13-23-21(26)24-20-17-8-15-7-16(10-17)11-18(20)9-15/h5-6,12,15-18,20H,3-4,7-11,13H2,1-2H3,(H2,23,24,26). The van der Waals surface area contributed by atoms with Crippen molar-refractivity contribution in [2.24, 2.45) is 23.7 Å². The molecular weight excluding hydrogens is 324 g/mol. The number of amides is 2. The first-order valence-corrected chi connectivity index (χ1v) is 10.4. The Labute approximate surface area is 156 Å². The van der Waals surface area contributed by atoms with Gasteiger partial charge in [0, 0.05) is 31.9 Å². The average Bonchev–Trinajstić information content (AvgIpc) is 2.64. The number of aromatic nitrogens is 1. The summed E-state index contributed by atoms with van der Waals surface area (Å²) in [6.07, 6.45) is 8.63. The van der Waals surface area contributed by atoms with Crippen LogP contribution >= 0.6 is 0 Å². The van der Waals surface area contributed by atoms with E-state index in [1.165, 1.54) is 32.1 Å². The summed E-state index contributed by atoms with van der Waals surface area (Å²) in [5.74, 6) is 4.30. The molecule has 0 atom stereocenters. The Balaban J connectivity index is 1.28. The number of carbonyl (C=O) groups excluding carboxylic acids is 1. The van der Waals surface area contributed by atoms with Crippen molar-refractivity contribution in [3.05, 3.63) is 23.9 Å². The van der Waals surface area contributed by atoms with Crippen molar-refractivity contribution in [2.75, 3.05) is 18.0 Å². The van der Waals surface area contributed by atoms with E-state index in [2.05, 4.69) is 40.4 Å². The van der Waals surface area contributed by atoms with Crippen LogP contribution < -0.4 is 15.5 Å². The van der Waals surface area contributed by atoms with Gasteiger partial charge in [0.15, 0.2) is 0 Å². The Hall–Kier alpha value is -1.78. The van der Waals surface area contributed by atoms with Crippen molar-refractivity contribution in [2.45, 2.75) is 58.5 Å². The van der Waals surface area contributed by atoms with E-state index in [4.69, 9.17) is 0 Å². The molecule has 1 aromatic heterocycles. The summed E-state index contributed by atoms with van der Waals surface area (Å²) in [4.78, 5) is 19.2. The zero-order valence-electron chi connectivity index (χ0n) is 16.1. The summed E-state index contributed by atoms with van der Waals surface area (Å²) in [6.45, 7) is 6.71. The number of anilines is 1. The first kappa shape index (κ1) is 17.6. The van der Waals surface area contributed by atoms with Crippen LogP contribution in [0, 0.1) is 23.7 Å². The van der Waals surface area contributed by atoms with Gasteiger partial charge >= 0.3 is 6.03 Å². The number of urea groups is 1. The van der Waals surface area contributed by atoms with E-state index in [9.17, 15) is 4.79 Å². The number of hydrogen-bond donors (Lipinski definition) is 2. The zero-order valence-corrected chi connectivity index (χ0v) is 16.1. The maximum Gasteiger partial charge on any atom is 0.315 e. The lowest BCUT2D eigenvalue weighted by Gasteiger charge is -2.54. The van der Waals surface area contributed by atoms with Gasteiger partial charge in [0.05, 0.1) is 0 Å². The lowest BCUT2D eigenvalue weighted by Crippen LogP contribution is -2.57. The molecule has 4 bridgehead atoms. The molecule has 142 valence electrons. The number of nitrogens with zero attached hydrogens (tertiary/aromatic N) is 2. The minimum Gasteiger partial charge on any atom is -0.357 e. The van der Waals surface area contributed by atoms with E-state index < -0.39 is 0 Å². The van der Waals surface area contributed by atoms with Gasteiger partial charge in [-0.15, -0.1) is 0 Å². The second kappa shape index (κ2) is 7.45. The van der Waals surface area contributed by atoms with Crippen molar-refractivity contribution in [1.29, 1.82) is 0 Å². The lowest BCUT2D eigenvalue weighted by molar-refractivity contribution is -0.00942. The van der Waals surface area contributed by atoms with Gasteiger partial charge in [-0.2, -0.15) is 0 Å². The lowest BCUT2D eigenvalue weighted by atomic mass is 9.54. The molecule has 2 N–H and O–H groups in total. The van der Waals surface area contributed by atoms with Gasteiger partial charge in [-0.25, -0.2) is 9.78 Å². The smallest absolute Gasteiger partial charge is 0.315 e. The third-order valence-corrected chi connectivity index (χ3v) is 6.87. The second-order valence-electron chi connectivity index (χ2n) is 8.48. The van der Waals surface area contributed by atoms with Crippen LogP contribution in [0.2, 0.25) is 0 Å². The first-order valence-electron chi connectivity index (χ1n) is 10.4. The normalized spacial score (nSPS) is 31.7. The van der Waals surface area contributed by atoms with Crippen molar-refractivity contribution in [1.82, 2.24) is 15.6 Å². The number of carbonyl (C=O) groups is 1. The molecule has 0 saturated heterocycles. The Morgan fingerprint density at radius 3 is 2.27 bits per heavy atom. The average molecular weight is 357 g/mol. The zero-order chi connectivity index (χ0) is 18.1. The van der Waals surface area contributed by atoms with Crippen LogP contribution in [0.5, 0.6) is 0 Å². The third-order valence-electron chi connectivity index (χ3n) is 6.87. The van der Waals surface area contributed by atoms with Crippen LogP contribution in [0.3, 0.4) is 0 Å². The Kier molecular flexibility index (Phi) is 5.05. The fourth-order valence-electron chi connectivity index (χ4n) is 5.80. The molecule has 2 amide bonds. The largest absolute Gasteiger partial charge is 0.357 e. The summed E-state index contributed by atoms with van der Waals surface area (Å²) in [5.41, 5.74) is 1.04. The maximum atomic E-state index is 12.4. The van der Waals surface area contributed by atoms with Gasteiger partial charge in [0.2, 0.25) is 0 Å². The van der Waals surface area contributed by atoms with Gasteiger partial charge in [-0.05, 0) is 81.3 Å². The topological polar surface area (TPSA) is 57.3 Å². The molecule has 1 aromatic rings. The molecule has 4 saturated carbocycles. The number of rotatable bonds is 6. The molecule has 1 heterocycles. The Morgan fingerprint density at radius 2 is 1.73 bits per heavy atom. The highest BCUT2D eigenvalue weighted by Gasteiger charge is 2.48. The van der Waals surface area contributed by atoms with Gasteiger partial charge in [0.25, 0.3) is 0 Å². The van der Waals surface area contributed by atoms with Gasteiger partial charge < -0.3 is 15.5 Å². The van der Waals surface area contributed by atoms with Crippen molar-refractivity contribution in [3.63, 3.8) is 0 Å². The summed E-state index contributed by atoms with van der Waals surface area (Å²) in [6, 6.07) is 4.48. The van der Waals surface area contributed by atoms with E-state index in [0.717, 1.165) is 36.3 Å². The van der Waals surface area contributed by atoms with Crippen LogP contribution in [0.1, 0.15) is 51.5 Å². The fraction of sp³-hybridized carbons (Fsp3) is 0.714. The van der Waals surface area contributed by atoms with Crippen LogP contribution in [0.4, 0.5) is 10.6 Å². The summed E-state index contributed by atoms with van der Waals surface area (Å²) in [5, 5.41) is 6.33. The first-order chi connectivity index (χ1) is 12.7. The summed E-state index contributed by atoms with van der Waals surface area (Å²) >= 11 is 0. The highest BCUT2D eigenvalue weighted by molar-refractivity contribution is 5.74. The van der Waals surface area contributed by atoms with E-state index in [1.54, 1.807) is 0 Å². The molecule has 0 aromatic carbocycles. The Bertz CT molecular complexity index is 597. The van der Waals surface area contributed by atoms with Crippen LogP contribution in [0.25, 0.3) is 0 Å². The molecule has 5 nitrogen and oxygen atoms in total. The molecule has 5 rings (SSSR count). The molecule has 4 aliphatic rings. The maximum absolute atomic E-state index is 12.4. The molecule has 5 heteroatoms. The van der Waals surface area contributed by atoms with E-state index in [0.29, 0.717) is 24.4 Å². The molecule has 0 aliphatic heterocycles. The predicted octanol–water partition coefficient (Wildman–Crippen LogP) is 3.55. The van der Waals surface area contributed by atoms with Crippen LogP contribution in [0.15, 0.2) is 18.3 Å². The molecule has 0 spiro atoms. The van der Waals surface area contributed by atoms with Gasteiger partial charge in [0.1, 0.15) is 5.82 Å².